The van der Waals surface area contributed by atoms with Crippen LogP contribution in [0.2, 0.25) is 10.0 Å². The quantitative estimate of drug-likeness (QED) is 0.641. The zero-order valence-corrected chi connectivity index (χ0v) is 12.8. The summed E-state index contributed by atoms with van der Waals surface area (Å²) < 4.78 is 25.8. The van der Waals surface area contributed by atoms with E-state index in [1.807, 2.05) is 0 Å². The minimum atomic E-state index is -3.46. The Morgan fingerprint density at radius 1 is 1.28 bits per heavy atom. The summed E-state index contributed by atoms with van der Waals surface area (Å²) in [5.74, 6) is 0.526. The molecule has 0 atom stereocenters. The van der Waals surface area contributed by atoms with Crippen LogP contribution in [-0.2, 0) is 10.0 Å². The molecule has 0 saturated heterocycles. The van der Waals surface area contributed by atoms with Crippen molar-refractivity contribution in [3.05, 3.63) is 21.8 Å². The van der Waals surface area contributed by atoms with E-state index >= 15 is 0 Å². The Morgan fingerprint density at radius 3 is 2.56 bits per heavy atom. The summed E-state index contributed by atoms with van der Waals surface area (Å²) in [4.78, 5) is 4.01. The molecule has 0 aliphatic heterocycles. The molecule has 102 valence electrons. The number of nitrogens with zero attached hydrogens (tertiary/aromatic N) is 1. The fourth-order valence-corrected chi connectivity index (χ4v) is 3.00. The first kappa shape index (κ1) is 15.8. The Labute approximate surface area is 122 Å². The van der Waals surface area contributed by atoms with Gasteiger partial charge in [0.1, 0.15) is 0 Å². The lowest BCUT2D eigenvalue weighted by Crippen LogP contribution is -2.18. The van der Waals surface area contributed by atoms with Crippen LogP contribution in [0.1, 0.15) is 18.5 Å². The molecule has 0 aliphatic carbocycles. The molecule has 18 heavy (non-hydrogen) atoms. The van der Waals surface area contributed by atoms with E-state index in [4.69, 9.17) is 34.8 Å². The number of rotatable bonds is 6. The van der Waals surface area contributed by atoms with E-state index in [-0.39, 0.29) is 16.6 Å². The third-order valence-electron chi connectivity index (χ3n) is 2.15. The summed E-state index contributed by atoms with van der Waals surface area (Å²) in [5, 5.41) is 0.566. The van der Waals surface area contributed by atoms with Gasteiger partial charge in [-0.25, -0.2) is 13.4 Å². The van der Waals surface area contributed by atoms with Crippen LogP contribution < -0.4 is 4.72 Å². The molecule has 0 aromatic carbocycles. The van der Waals surface area contributed by atoms with Crippen LogP contribution >= 0.6 is 34.8 Å². The third-order valence-corrected chi connectivity index (χ3v) is 4.42. The number of aromatic nitrogens is 1. The van der Waals surface area contributed by atoms with Crippen molar-refractivity contribution in [3.63, 3.8) is 0 Å². The van der Waals surface area contributed by atoms with Gasteiger partial charge in [0.2, 0.25) is 10.0 Å². The van der Waals surface area contributed by atoms with Crippen molar-refractivity contribution < 1.29 is 8.42 Å². The number of aryl methyl sites for hydroxylation is 1. The predicted molar refractivity (Wildman–Crippen MR) is 76.4 cm³/mol. The molecule has 1 rings (SSSR count). The lowest BCUT2D eigenvalue weighted by atomic mass is 10.4. The average Bonchev–Trinajstić information content (AvgIpc) is 2.26. The average molecular weight is 332 g/mol. The van der Waals surface area contributed by atoms with E-state index in [9.17, 15) is 8.42 Å². The number of hydrogen-bond donors (Lipinski definition) is 1. The molecule has 0 amide bonds. The minimum absolute atomic E-state index is 0.0145. The lowest BCUT2D eigenvalue weighted by Gasteiger charge is -2.09. The first-order valence-corrected chi connectivity index (χ1v) is 8.19. The minimum Gasteiger partial charge on any atom is -0.266 e. The fraction of sp³-hybridized carbons (Fsp3) is 0.500. The van der Waals surface area contributed by atoms with Gasteiger partial charge >= 0.3 is 0 Å². The Balaban J connectivity index is 2.81. The second-order valence-corrected chi connectivity index (χ2v) is 6.74. The molecule has 0 radical (unpaired) electrons. The van der Waals surface area contributed by atoms with Gasteiger partial charge in [-0.1, -0.05) is 23.2 Å². The highest BCUT2D eigenvalue weighted by molar-refractivity contribution is 7.92. The number of unbranched alkanes of at least 4 members (excludes halogenated alkanes) is 1. The molecule has 0 fully saturated rings. The SMILES string of the molecule is Cc1nc(NS(=O)(=O)CCCCCl)c(Cl)cc1Cl. The molecular weight excluding hydrogens is 319 g/mol. The summed E-state index contributed by atoms with van der Waals surface area (Å²) in [6.07, 6.45) is 1.13. The van der Waals surface area contributed by atoms with Crippen LogP contribution in [0.15, 0.2) is 6.07 Å². The van der Waals surface area contributed by atoms with E-state index < -0.39 is 10.0 Å². The lowest BCUT2D eigenvalue weighted by molar-refractivity contribution is 0.598. The Hall–Kier alpha value is -0.230. The van der Waals surface area contributed by atoms with E-state index in [1.54, 1.807) is 6.92 Å². The summed E-state index contributed by atoms with van der Waals surface area (Å²) in [7, 11) is -3.46. The standard InChI is InChI=1S/C10H13Cl3N2O2S/c1-7-8(12)6-9(13)10(14-7)15-18(16,17)5-3-2-4-11/h6H,2-5H2,1H3,(H,14,15). The van der Waals surface area contributed by atoms with Crippen LogP contribution in [0.25, 0.3) is 0 Å². The molecular formula is C10H13Cl3N2O2S. The van der Waals surface area contributed by atoms with Gasteiger partial charge in [0.25, 0.3) is 0 Å². The molecule has 0 spiro atoms. The van der Waals surface area contributed by atoms with Crippen molar-refractivity contribution in [1.29, 1.82) is 0 Å². The van der Waals surface area contributed by atoms with Gasteiger partial charge in [-0.15, -0.1) is 11.6 Å². The summed E-state index contributed by atoms with van der Waals surface area (Å²) in [5.41, 5.74) is 0.513. The van der Waals surface area contributed by atoms with E-state index in [1.165, 1.54) is 6.07 Å². The maximum absolute atomic E-state index is 11.7. The van der Waals surface area contributed by atoms with Crippen molar-refractivity contribution in [2.24, 2.45) is 0 Å². The number of alkyl halides is 1. The van der Waals surface area contributed by atoms with E-state index in [0.717, 1.165) is 0 Å². The van der Waals surface area contributed by atoms with E-state index in [0.29, 0.717) is 29.4 Å². The van der Waals surface area contributed by atoms with Crippen LogP contribution in [0, 0.1) is 6.92 Å². The maximum Gasteiger partial charge on any atom is 0.233 e. The van der Waals surface area contributed by atoms with Crippen LogP contribution in [-0.4, -0.2) is 25.0 Å². The molecule has 0 unspecified atom stereocenters. The molecule has 1 heterocycles. The second-order valence-electron chi connectivity index (χ2n) is 3.70. The third kappa shape index (κ3) is 4.80. The number of hydrogen-bond acceptors (Lipinski definition) is 3. The molecule has 1 aromatic heterocycles. The van der Waals surface area contributed by atoms with Crippen molar-refractivity contribution in [2.45, 2.75) is 19.8 Å². The molecule has 4 nitrogen and oxygen atoms in total. The van der Waals surface area contributed by atoms with Gasteiger partial charge in [-0.05, 0) is 25.8 Å². The Morgan fingerprint density at radius 2 is 1.94 bits per heavy atom. The van der Waals surface area contributed by atoms with E-state index in [2.05, 4.69) is 9.71 Å². The first-order chi connectivity index (χ1) is 8.35. The van der Waals surface area contributed by atoms with Crippen molar-refractivity contribution in [3.8, 4) is 0 Å². The van der Waals surface area contributed by atoms with Crippen LogP contribution in [0.5, 0.6) is 0 Å². The Kier molecular flexibility index (Phi) is 5.98. The first-order valence-electron chi connectivity index (χ1n) is 5.25. The number of nitrogens with one attached hydrogen (secondary N) is 1. The van der Waals surface area contributed by atoms with Gasteiger partial charge < -0.3 is 0 Å². The highest BCUT2D eigenvalue weighted by atomic mass is 35.5. The van der Waals surface area contributed by atoms with Gasteiger partial charge in [0.15, 0.2) is 5.82 Å². The predicted octanol–water partition coefficient (Wildman–Crippen LogP) is 3.46. The maximum atomic E-state index is 11.7. The molecule has 1 aromatic rings. The molecule has 8 heteroatoms. The second kappa shape index (κ2) is 6.80. The van der Waals surface area contributed by atoms with Crippen molar-refractivity contribution in [1.82, 2.24) is 4.98 Å². The Bertz CT molecular complexity index is 520. The highest BCUT2D eigenvalue weighted by Crippen LogP contribution is 2.26. The highest BCUT2D eigenvalue weighted by Gasteiger charge is 2.14. The monoisotopic (exact) mass is 330 g/mol. The fourth-order valence-electron chi connectivity index (χ4n) is 1.22. The summed E-state index contributed by atoms with van der Waals surface area (Å²) >= 11 is 17.2. The van der Waals surface area contributed by atoms with Gasteiger partial charge in [0.05, 0.1) is 21.5 Å². The summed E-state index contributed by atoms with van der Waals surface area (Å²) in [6, 6.07) is 1.46. The van der Waals surface area contributed by atoms with Gasteiger partial charge in [-0.3, -0.25) is 4.72 Å². The molecule has 1 N–H and O–H groups in total. The zero-order chi connectivity index (χ0) is 13.8. The van der Waals surface area contributed by atoms with Crippen molar-refractivity contribution in [2.75, 3.05) is 16.4 Å². The number of sulfonamides is 1. The molecule has 0 aliphatic rings. The summed E-state index contributed by atoms with van der Waals surface area (Å²) in [6.45, 7) is 1.67. The van der Waals surface area contributed by atoms with Crippen LogP contribution in [0.4, 0.5) is 5.82 Å². The number of anilines is 1. The largest absolute Gasteiger partial charge is 0.266 e. The van der Waals surface area contributed by atoms with Crippen molar-refractivity contribution >= 4 is 50.6 Å². The number of halogens is 3. The smallest absolute Gasteiger partial charge is 0.233 e. The topological polar surface area (TPSA) is 59.1 Å². The normalized spacial score (nSPS) is 11.6. The number of pyridine rings is 1. The van der Waals surface area contributed by atoms with Gasteiger partial charge in [-0.2, -0.15) is 0 Å². The zero-order valence-electron chi connectivity index (χ0n) is 9.71. The molecule has 0 bridgehead atoms. The van der Waals surface area contributed by atoms with Crippen LogP contribution in [0.3, 0.4) is 0 Å². The van der Waals surface area contributed by atoms with Gasteiger partial charge in [0, 0.05) is 5.88 Å². The molecule has 0 saturated carbocycles.